The van der Waals surface area contributed by atoms with E-state index in [9.17, 15) is 4.79 Å². The smallest absolute Gasteiger partial charge is 0.220 e. The largest absolute Gasteiger partial charge is 0.350 e. The van der Waals surface area contributed by atoms with Crippen molar-refractivity contribution < 1.29 is 4.79 Å². The third-order valence-electron chi connectivity index (χ3n) is 1.80. The quantitative estimate of drug-likeness (QED) is 0.575. The summed E-state index contributed by atoms with van der Waals surface area (Å²) in [6.07, 6.45) is 1.51. The van der Waals surface area contributed by atoms with Gasteiger partial charge in [0.25, 0.3) is 0 Å². The molecule has 1 amide bonds. The SMILES string of the molecule is C[C@]1(CN)CCC(=O)N1.Cl. The molecule has 0 unspecified atom stereocenters. The summed E-state index contributed by atoms with van der Waals surface area (Å²) in [6.45, 7) is 2.51. The lowest BCUT2D eigenvalue weighted by Gasteiger charge is -2.20. The molecule has 0 aromatic rings. The van der Waals surface area contributed by atoms with Gasteiger partial charge < -0.3 is 11.1 Å². The highest BCUT2D eigenvalue weighted by Gasteiger charge is 2.30. The van der Waals surface area contributed by atoms with Crippen molar-refractivity contribution in [1.29, 1.82) is 0 Å². The summed E-state index contributed by atoms with van der Waals surface area (Å²) in [7, 11) is 0. The number of amides is 1. The van der Waals surface area contributed by atoms with Gasteiger partial charge in [0.1, 0.15) is 0 Å². The van der Waals surface area contributed by atoms with Gasteiger partial charge >= 0.3 is 0 Å². The molecule has 0 aromatic carbocycles. The molecular weight excluding hydrogens is 152 g/mol. The van der Waals surface area contributed by atoms with E-state index in [0.29, 0.717) is 13.0 Å². The summed E-state index contributed by atoms with van der Waals surface area (Å²) in [4.78, 5) is 10.7. The molecule has 4 heteroatoms. The van der Waals surface area contributed by atoms with E-state index in [1.54, 1.807) is 0 Å². The summed E-state index contributed by atoms with van der Waals surface area (Å²) < 4.78 is 0. The summed E-state index contributed by atoms with van der Waals surface area (Å²) in [6, 6.07) is 0. The molecule has 1 aliphatic rings. The lowest BCUT2D eigenvalue weighted by molar-refractivity contribution is -0.119. The predicted octanol–water partition coefficient (Wildman–Crippen LogP) is 0.0356. The summed E-state index contributed by atoms with van der Waals surface area (Å²) in [5.74, 6) is 0.128. The van der Waals surface area contributed by atoms with Gasteiger partial charge in [0.15, 0.2) is 0 Å². The summed E-state index contributed by atoms with van der Waals surface area (Å²) in [5, 5.41) is 2.82. The first-order valence-electron chi connectivity index (χ1n) is 3.17. The fourth-order valence-electron chi connectivity index (χ4n) is 1.00. The lowest BCUT2D eigenvalue weighted by atomic mass is 10.0. The van der Waals surface area contributed by atoms with Gasteiger partial charge in [-0.3, -0.25) is 4.79 Å². The van der Waals surface area contributed by atoms with Gasteiger partial charge in [-0.25, -0.2) is 0 Å². The van der Waals surface area contributed by atoms with Crippen molar-refractivity contribution in [2.24, 2.45) is 5.73 Å². The molecule has 0 saturated carbocycles. The minimum atomic E-state index is -0.114. The van der Waals surface area contributed by atoms with Gasteiger partial charge in [-0.2, -0.15) is 0 Å². The number of hydrogen-bond acceptors (Lipinski definition) is 2. The zero-order valence-electron chi connectivity index (χ0n) is 6.02. The van der Waals surface area contributed by atoms with Crippen molar-refractivity contribution in [3.63, 3.8) is 0 Å². The first kappa shape index (κ1) is 9.72. The number of hydrogen-bond donors (Lipinski definition) is 2. The second-order valence-corrected chi connectivity index (χ2v) is 2.81. The second-order valence-electron chi connectivity index (χ2n) is 2.81. The van der Waals surface area contributed by atoms with E-state index in [-0.39, 0.29) is 23.9 Å². The number of nitrogens with one attached hydrogen (secondary N) is 1. The minimum Gasteiger partial charge on any atom is -0.350 e. The van der Waals surface area contributed by atoms with E-state index >= 15 is 0 Å². The molecule has 1 aliphatic heterocycles. The molecule has 0 aliphatic carbocycles. The highest BCUT2D eigenvalue weighted by atomic mass is 35.5. The third-order valence-corrected chi connectivity index (χ3v) is 1.80. The predicted molar refractivity (Wildman–Crippen MR) is 42.1 cm³/mol. The van der Waals surface area contributed by atoms with E-state index < -0.39 is 0 Å². The van der Waals surface area contributed by atoms with E-state index in [2.05, 4.69) is 5.32 Å². The Hall–Kier alpha value is -0.280. The maximum atomic E-state index is 10.7. The Balaban J connectivity index is 0.000000810. The van der Waals surface area contributed by atoms with Crippen molar-refractivity contribution in [2.75, 3.05) is 6.54 Å². The van der Waals surface area contributed by atoms with E-state index in [4.69, 9.17) is 5.73 Å². The van der Waals surface area contributed by atoms with Crippen LogP contribution in [0.3, 0.4) is 0 Å². The highest BCUT2D eigenvalue weighted by molar-refractivity contribution is 5.85. The molecule has 0 aromatic heterocycles. The lowest BCUT2D eigenvalue weighted by Crippen LogP contribution is -2.44. The zero-order chi connectivity index (χ0) is 6.91. The van der Waals surface area contributed by atoms with E-state index in [1.807, 2.05) is 6.92 Å². The molecule has 3 N–H and O–H groups in total. The number of rotatable bonds is 1. The van der Waals surface area contributed by atoms with Crippen LogP contribution in [0.25, 0.3) is 0 Å². The van der Waals surface area contributed by atoms with Crippen LogP contribution in [0.2, 0.25) is 0 Å². The Kier molecular flexibility index (Phi) is 3.12. The molecule has 10 heavy (non-hydrogen) atoms. The Morgan fingerprint density at radius 1 is 1.80 bits per heavy atom. The van der Waals surface area contributed by atoms with E-state index in [0.717, 1.165) is 6.42 Å². The molecule has 1 saturated heterocycles. The third kappa shape index (κ3) is 1.85. The average molecular weight is 165 g/mol. The highest BCUT2D eigenvalue weighted by Crippen LogP contribution is 2.16. The van der Waals surface area contributed by atoms with Crippen LogP contribution in [0, 0.1) is 0 Å². The topological polar surface area (TPSA) is 55.1 Å². The Bertz CT molecular complexity index is 140. The van der Waals surface area contributed by atoms with Gasteiger partial charge in [-0.05, 0) is 13.3 Å². The Morgan fingerprint density at radius 2 is 2.40 bits per heavy atom. The molecule has 1 fully saturated rings. The summed E-state index contributed by atoms with van der Waals surface area (Å²) >= 11 is 0. The number of carbonyl (C=O) groups is 1. The summed E-state index contributed by atoms with van der Waals surface area (Å²) in [5.41, 5.74) is 5.30. The molecule has 3 nitrogen and oxygen atoms in total. The normalized spacial score (nSPS) is 31.2. The molecule has 0 bridgehead atoms. The molecule has 0 spiro atoms. The van der Waals surface area contributed by atoms with Crippen molar-refractivity contribution in [1.82, 2.24) is 5.32 Å². The van der Waals surface area contributed by atoms with Gasteiger partial charge in [0, 0.05) is 18.5 Å². The van der Waals surface area contributed by atoms with Crippen LogP contribution in [0.1, 0.15) is 19.8 Å². The fourth-order valence-corrected chi connectivity index (χ4v) is 1.00. The van der Waals surface area contributed by atoms with Gasteiger partial charge in [0.05, 0.1) is 0 Å². The number of nitrogens with two attached hydrogens (primary N) is 1. The van der Waals surface area contributed by atoms with Gasteiger partial charge in [-0.1, -0.05) is 0 Å². The second kappa shape index (κ2) is 3.21. The number of carbonyl (C=O) groups excluding carboxylic acids is 1. The van der Waals surface area contributed by atoms with Crippen molar-refractivity contribution in [3.05, 3.63) is 0 Å². The van der Waals surface area contributed by atoms with Crippen LogP contribution in [-0.2, 0) is 4.79 Å². The molecule has 1 rings (SSSR count). The monoisotopic (exact) mass is 164 g/mol. The average Bonchev–Trinajstić information content (AvgIpc) is 2.13. The minimum absolute atomic E-state index is 0. The van der Waals surface area contributed by atoms with Crippen LogP contribution < -0.4 is 11.1 Å². The van der Waals surface area contributed by atoms with Crippen LogP contribution in [0.15, 0.2) is 0 Å². The first-order chi connectivity index (χ1) is 4.16. The van der Waals surface area contributed by atoms with Crippen molar-refractivity contribution in [3.8, 4) is 0 Å². The van der Waals surface area contributed by atoms with E-state index in [1.165, 1.54) is 0 Å². The molecule has 0 radical (unpaired) electrons. The molecular formula is C6H13ClN2O. The van der Waals surface area contributed by atoms with Crippen LogP contribution in [0.5, 0.6) is 0 Å². The van der Waals surface area contributed by atoms with Crippen LogP contribution in [-0.4, -0.2) is 18.0 Å². The first-order valence-corrected chi connectivity index (χ1v) is 3.17. The molecule has 1 atom stereocenters. The van der Waals surface area contributed by atoms with Crippen molar-refractivity contribution >= 4 is 18.3 Å². The zero-order valence-corrected chi connectivity index (χ0v) is 6.83. The standard InChI is InChI=1S/C6H12N2O.ClH/c1-6(4-7)3-2-5(9)8-6;/h2-4,7H2,1H3,(H,8,9);1H/t6-;/m1./s1. The van der Waals surface area contributed by atoms with Crippen LogP contribution in [0.4, 0.5) is 0 Å². The maximum absolute atomic E-state index is 10.7. The van der Waals surface area contributed by atoms with Gasteiger partial charge in [-0.15, -0.1) is 12.4 Å². The van der Waals surface area contributed by atoms with Crippen molar-refractivity contribution in [2.45, 2.75) is 25.3 Å². The maximum Gasteiger partial charge on any atom is 0.220 e. The Morgan fingerprint density at radius 3 is 2.60 bits per heavy atom. The van der Waals surface area contributed by atoms with Crippen LogP contribution >= 0.6 is 12.4 Å². The van der Waals surface area contributed by atoms with Gasteiger partial charge in [0.2, 0.25) is 5.91 Å². The Labute approximate surface area is 66.8 Å². The fraction of sp³-hybridized carbons (Fsp3) is 0.833. The molecule has 60 valence electrons. The molecule has 1 heterocycles. The number of halogens is 1.